The first-order chi connectivity index (χ1) is 8.61. The van der Waals surface area contributed by atoms with Gasteiger partial charge in [0.05, 0.1) is 11.5 Å². The van der Waals surface area contributed by atoms with Crippen LogP contribution in [0.5, 0.6) is 0 Å². The van der Waals surface area contributed by atoms with E-state index in [1.807, 2.05) is 19.1 Å². The van der Waals surface area contributed by atoms with Crippen LogP contribution in [0.4, 0.5) is 0 Å². The van der Waals surface area contributed by atoms with Crippen LogP contribution in [0.15, 0.2) is 12.1 Å². The molecule has 1 aromatic rings. The molecule has 2 rings (SSSR count). The number of nitrogens with zero attached hydrogens (tertiary/aromatic N) is 1. The van der Waals surface area contributed by atoms with E-state index in [9.17, 15) is 10.4 Å². The highest BCUT2D eigenvalue weighted by Crippen LogP contribution is 2.49. The van der Waals surface area contributed by atoms with Gasteiger partial charge in [0, 0.05) is 9.75 Å². The molecule has 1 aliphatic rings. The average Bonchev–Trinajstić information content (AvgIpc) is 2.84. The molecule has 0 radical (unpaired) electrons. The molecule has 3 atom stereocenters. The first-order valence-electron chi connectivity index (χ1n) is 6.77. The summed E-state index contributed by atoms with van der Waals surface area (Å²) in [5.74, 6) is 0.592. The van der Waals surface area contributed by atoms with Gasteiger partial charge in [0.15, 0.2) is 0 Å². The van der Waals surface area contributed by atoms with E-state index in [2.05, 4.69) is 13.0 Å². The Morgan fingerprint density at radius 2 is 2.39 bits per heavy atom. The number of hydrogen-bond acceptors (Lipinski definition) is 3. The third kappa shape index (κ3) is 2.46. The minimum Gasteiger partial charge on any atom is -0.386 e. The molecular formula is C15H21NOS. The fourth-order valence-corrected chi connectivity index (χ4v) is 4.04. The van der Waals surface area contributed by atoms with Crippen LogP contribution in [0.25, 0.3) is 0 Å². The summed E-state index contributed by atoms with van der Waals surface area (Å²) in [5.41, 5.74) is -0.559. The van der Waals surface area contributed by atoms with E-state index in [0.29, 0.717) is 5.92 Å². The summed E-state index contributed by atoms with van der Waals surface area (Å²) in [6.45, 7) is 4.22. The van der Waals surface area contributed by atoms with Gasteiger partial charge in [-0.3, -0.25) is 0 Å². The molecule has 98 valence electrons. The third-order valence-corrected chi connectivity index (χ3v) is 5.30. The summed E-state index contributed by atoms with van der Waals surface area (Å²) in [4.78, 5) is 2.14. The molecule has 3 heteroatoms. The fourth-order valence-electron chi connectivity index (χ4n) is 3.06. The highest BCUT2D eigenvalue weighted by Gasteiger charge is 2.43. The maximum atomic E-state index is 10.6. The van der Waals surface area contributed by atoms with Crippen molar-refractivity contribution < 1.29 is 5.11 Å². The minimum absolute atomic E-state index is 0.559. The van der Waals surface area contributed by atoms with Crippen molar-refractivity contribution in [2.75, 3.05) is 0 Å². The van der Waals surface area contributed by atoms with E-state index in [4.69, 9.17) is 0 Å². The smallest absolute Gasteiger partial charge is 0.107 e. The van der Waals surface area contributed by atoms with Crippen molar-refractivity contribution in [1.82, 2.24) is 0 Å². The molecule has 1 fully saturated rings. The molecule has 1 heterocycles. The van der Waals surface area contributed by atoms with Gasteiger partial charge in [0.25, 0.3) is 0 Å². The standard InChI is InChI=1S/C15H21NOS/c1-3-12-5-4-8-15(9-12,10-16)14(17)13-7-6-11(2)18-13/h6-7,12,14,17H,3-5,8-9H2,1-2H3. The molecule has 1 saturated carbocycles. The van der Waals surface area contributed by atoms with Crippen LogP contribution in [0.1, 0.15) is 54.9 Å². The zero-order valence-corrected chi connectivity index (χ0v) is 12.0. The second kappa shape index (κ2) is 5.42. The molecular weight excluding hydrogens is 242 g/mol. The predicted molar refractivity (Wildman–Crippen MR) is 74.3 cm³/mol. The lowest BCUT2D eigenvalue weighted by molar-refractivity contribution is 0.0209. The van der Waals surface area contributed by atoms with Crippen LogP contribution >= 0.6 is 11.3 Å². The SMILES string of the molecule is CCC1CCCC(C#N)(C(O)c2ccc(C)s2)C1. The summed E-state index contributed by atoms with van der Waals surface area (Å²) < 4.78 is 0. The van der Waals surface area contributed by atoms with Crippen LogP contribution in [-0.2, 0) is 0 Å². The van der Waals surface area contributed by atoms with Gasteiger partial charge in [-0.15, -0.1) is 11.3 Å². The molecule has 3 unspecified atom stereocenters. The van der Waals surface area contributed by atoms with Gasteiger partial charge in [-0.05, 0) is 37.8 Å². The monoisotopic (exact) mass is 263 g/mol. The quantitative estimate of drug-likeness (QED) is 0.888. The molecule has 0 aliphatic heterocycles. The van der Waals surface area contributed by atoms with Gasteiger partial charge in [-0.1, -0.05) is 26.2 Å². The van der Waals surface area contributed by atoms with E-state index >= 15 is 0 Å². The van der Waals surface area contributed by atoms with E-state index in [-0.39, 0.29) is 0 Å². The van der Waals surface area contributed by atoms with Gasteiger partial charge in [-0.25, -0.2) is 0 Å². The van der Waals surface area contributed by atoms with Gasteiger partial charge >= 0.3 is 0 Å². The summed E-state index contributed by atoms with van der Waals surface area (Å²) in [6, 6.07) is 6.44. The number of aliphatic hydroxyl groups excluding tert-OH is 1. The Labute approximate surface area is 113 Å². The van der Waals surface area contributed by atoms with Crippen LogP contribution < -0.4 is 0 Å². The summed E-state index contributed by atoms with van der Waals surface area (Å²) in [5, 5.41) is 20.2. The largest absolute Gasteiger partial charge is 0.386 e. The first kappa shape index (κ1) is 13.6. The zero-order valence-electron chi connectivity index (χ0n) is 11.1. The van der Waals surface area contributed by atoms with Crippen LogP contribution in [-0.4, -0.2) is 5.11 Å². The first-order valence-corrected chi connectivity index (χ1v) is 7.58. The Balaban J connectivity index is 2.24. The Kier molecular flexibility index (Phi) is 4.09. The Bertz CT molecular complexity index is 448. The highest BCUT2D eigenvalue weighted by atomic mass is 32.1. The molecule has 1 N–H and O–H groups in total. The van der Waals surface area contributed by atoms with E-state index in [1.165, 1.54) is 11.3 Å². The van der Waals surface area contributed by atoms with Crippen LogP contribution in [0.3, 0.4) is 0 Å². The van der Waals surface area contributed by atoms with E-state index < -0.39 is 11.5 Å². The number of thiophene rings is 1. The molecule has 1 aliphatic carbocycles. The molecule has 0 bridgehead atoms. The predicted octanol–water partition coefficient (Wildman–Crippen LogP) is 4.20. The topological polar surface area (TPSA) is 44.0 Å². The zero-order chi connectivity index (χ0) is 13.2. The molecule has 2 nitrogen and oxygen atoms in total. The lowest BCUT2D eigenvalue weighted by atomic mass is 9.66. The minimum atomic E-state index is -0.615. The van der Waals surface area contributed by atoms with E-state index in [1.54, 1.807) is 11.3 Å². The second-order valence-electron chi connectivity index (χ2n) is 5.49. The fraction of sp³-hybridized carbons (Fsp3) is 0.667. The molecule has 0 spiro atoms. The van der Waals surface area contributed by atoms with Gasteiger partial charge in [0.1, 0.15) is 6.10 Å². The van der Waals surface area contributed by atoms with Gasteiger partial charge in [-0.2, -0.15) is 5.26 Å². The number of hydrogen-bond donors (Lipinski definition) is 1. The Morgan fingerprint density at radius 1 is 1.61 bits per heavy atom. The summed E-state index contributed by atoms with van der Waals surface area (Å²) >= 11 is 1.61. The average molecular weight is 263 g/mol. The third-order valence-electron chi connectivity index (χ3n) is 4.24. The number of rotatable bonds is 3. The maximum Gasteiger partial charge on any atom is 0.107 e. The Hall–Kier alpha value is -0.850. The summed E-state index contributed by atoms with van der Waals surface area (Å²) in [6.07, 6.45) is 4.44. The lowest BCUT2D eigenvalue weighted by Crippen LogP contribution is -2.33. The molecule has 18 heavy (non-hydrogen) atoms. The molecule has 1 aromatic heterocycles. The van der Waals surface area contributed by atoms with Crippen LogP contribution in [0.2, 0.25) is 0 Å². The number of aliphatic hydroxyl groups is 1. The van der Waals surface area contributed by atoms with Gasteiger partial charge < -0.3 is 5.11 Å². The molecule has 0 aromatic carbocycles. The Morgan fingerprint density at radius 3 is 2.94 bits per heavy atom. The van der Waals surface area contributed by atoms with Crippen molar-refractivity contribution in [2.45, 2.75) is 52.1 Å². The highest BCUT2D eigenvalue weighted by molar-refractivity contribution is 7.12. The lowest BCUT2D eigenvalue weighted by Gasteiger charge is -2.38. The van der Waals surface area contributed by atoms with Crippen molar-refractivity contribution in [3.05, 3.63) is 21.9 Å². The van der Waals surface area contributed by atoms with Gasteiger partial charge in [0.2, 0.25) is 0 Å². The second-order valence-corrected chi connectivity index (χ2v) is 6.81. The van der Waals surface area contributed by atoms with Crippen LogP contribution in [0, 0.1) is 29.6 Å². The van der Waals surface area contributed by atoms with Crippen molar-refractivity contribution in [2.24, 2.45) is 11.3 Å². The van der Waals surface area contributed by atoms with Crippen molar-refractivity contribution in [1.29, 1.82) is 5.26 Å². The van der Waals surface area contributed by atoms with E-state index in [0.717, 1.165) is 30.6 Å². The van der Waals surface area contributed by atoms with Crippen molar-refractivity contribution >= 4 is 11.3 Å². The molecule has 0 amide bonds. The number of nitriles is 1. The maximum absolute atomic E-state index is 10.6. The van der Waals surface area contributed by atoms with Crippen molar-refractivity contribution in [3.8, 4) is 6.07 Å². The normalized spacial score (nSPS) is 29.8. The number of aryl methyl sites for hydroxylation is 1. The summed E-state index contributed by atoms with van der Waals surface area (Å²) in [7, 11) is 0. The van der Waals surface area contributed by atoms with Crippen molar-refractivity contribution in [3.63, 3.8) is 0 Å². The molecule has 0 saturated heterocycles.